The van der Waals surface area contributed by atoms with Crippen LogP contribution in [-0.2, 0) is 6.42 Å². The van der Waals surface area contributed by atoms with Crippen LogP contribution in [0, 0.1) is 34.5 Å². The molecule has 146 valence electrons. The molecule has 1 aromatic rings. The van der Waals surface area contributed by atoms with Crippen molar-refractivity contribution in [3.8, 4) is 11.8 Å². The molecule has 0 unspecified atom stereocenters. The predicted molar refractivity (Wildman–Crippen MR) is 116 cm³/mol. The third-order valence-corrected chi connectivity index (χ3v) is 8.56. The topological polar surface area (TPSA) is 0 Å². The van der Waals surface area contributed by atoms with E-state index >= 15 is 0 Å². The standard InChI is InChI=1S/C27H38/c1-3-5-23-6-8-24(9-7-23)14-15-26-16-19-27(20-17-26,21-18-26)25-12-10-22(4-2)11-13-25/h6-9,22,25H,3-5,10-13,16-21H2,1-2H3. The molecule has 27 heavy (non-hydrogen) atoms. The fourth-order valence-corrected chi connectivity index (χ4v) is 6.45. The Balaban J connectivity index is 1.38. The van der Waals surface area contributed by atoms with E-state index < -0.39 is 0 Å². The van der Waals surface area contributed by atoms with Crippen molar-refractivity contribution in [2.24, 2.45) is 22.7 Å². The van der Waals surface area contributed by atoms with Crippen molar-refractivity contribution in [3.05, 3.63) is 35.4 Å². The fourth-order valence-electron chi connectivity index (χ4n) is 6.45. The lowest BCUT2D eigenvalue weighted by Gasteiger charge is -2.56. The predicted octanol–water partition coefficient (Wildman–Crippen LogP) is 7.55. The maximum absolute atomic E-state index is 3.78. The smallest absolute Gasteiger partial charge is 0.0319 e. The van der Waals surface area contributed by atoms with Crippen molar-refractivity contribution in [1.29, 1.82) is 0 Å². The first-order chi connectivity index (χ1) is 13.2. The summed E-state index contributed by atoms with van der Waals surface area (Å²) in [5.41, 5.74) is 3.69. The Kier molecular flexibility index (Phi) is 5.68. The van der Waals surface area contributed by atoms with Gasteiger partial charge in [-0.25, -0.2) is 0 Å². The highest BCUT2D eigenvalue weighted by molar-refractivity contribution is 5.38. The van der Waals surface area contributed by atoms with Crippen LogP contribution >= 0.6 is 0 Å². The molecule has 4 aliphatic rings. The molecule has 0 radical (unpaired) electrons. The average molecular weight is 363 g/mol. The molecule has 0 nitrogen and oxygen atoms in total. The first kappa shape index (κ1) is 19.1. The lowest BCUT2D eigenvalue weighted by Crippen LogP contribution is -2.45. The molecule has 4 fully saturated rings. The molecule has 0 spiro atoms. The molecular formula is C27H38. The molecule has 0 atom stereocenters. The van der Waals surface area contributed by atoms with Crippen LogP contribution in [0.15, 0.2) is 24.3 Å². The van der Waals surface area contributed by atoms with Gasteiger partial charge in [0.15, 0.2) is 0 Å². The first-order valence-electron chi connectivity index (χ1n) is 11.8. The van der Waals surface area contributed by atoms with Gasteiger partial charge < -0.3 is 0 Å². The van der Waals surface area contributed by atoms with Gasteiger partial charge in [-0.1, -0.05) is 63.5 Å². The average Bonchev–Trinajstić information content (AvgIpc) is 2.75. The second-order valence-electron chi connectivity index (χ2n) is 9.97. The van der Waals surface area contributed by atoms with E-state index in [1.807, 2.05) is 0 Å². The van der Waals surface area contributed by atoms with E-state index in [9.17, 15) is 0 Å². The zero-order chi connectivity index (χ0) is 18.7. The molecule has 0 aliphatic heterocycles. The second kappa shape index (κ2) is 8.03. The summed E-state index contributed by atoms with van der Waals surface area (Å²) in [6, 6.07) is 9.00. The quantitative estimate of drug-likeness (QED) is 0.485. The number of hydrogen-bond donors (Lipinski definition) is 0. The largest absolute Gasteiger partial charge is 0.0911 e. The SMILES string of the molecule is CCCc1ccc(C#CC23CCC(C4CCC(CC)CC4)(CC2)CC3)cc1. The highest BCUT2D eigenvalue weighted by Crippen LogP contribution is 2.62. The van der Waals surface area contributed by atoms with Gasteiger partial charge in [-0.05, 0) is 92.7 Å². The van der Waals surface area contributed by atoms with Gasteiger partial charge in [0.1, 0.15) is 0 Å². The first-order valence-corrected chi connectivity index (χ1v) is 11.8. The van der Waals surface area contributed by atoms with E-state index in [0.29, 0.717) is 10.8 Å². The third-order valence-electron chi connectivity index (χ3n) is 8.56. The molecule has 0 heteroatoms. The molecule has 0 heterocycles. The molecule has 0 amide bonds. The minimum Gasteiger partial charge on any atom is -0.0911 e. The van der Waals surface area contributed by atoms with Gasteiger partial charge in [0.25, 0.3) is 0 Å². The number of aryl methyl sites for hydroxylation is 1. The molecular weight excluding hydrogens is 324 g/mol. The van der Waals surface area contributed by atoms with Crippen LogP contribution in [-0.4, -0.2) is 0 Å². The normalized spacial score (nSPS) is 35.5. The van der Waals surface area contributed by atoms with Gasteiger partial charge in [0, 0.05) is 11.0 Å². The van der Waals surface area contributed by atoms with Crippen LogP contribution < -0.4 is 0 Å². The summed E-state index contributed by atoms with van der Waals surface area (Å²) in [5, 5.41) is 0. The maximum Gasteiger partial charge on any atom is 0.0319 e. The van der Waals surface area contributed by atoms with Gasteiger partial charge >= 0.3 is 0 Å². The molecule has 0 N–H and O–H groups in total. The summed E-state index contributed by atoms with van der Waals surface area (Å²) in [7, 11) is 0. The van der Waals surface area contributed by atoms with E-state index in [1.165, 1.54) is 94.6 Å². The number of benzene rings is 1. The maximum atomic E-state index is 3.78. The number of fused-ring (bicyclic) bond motifs is 3. The van der Waals surface area contributed by atoms with E-state index in [0.717, 1.165) is 11.8 Å². The zero-order valence-electron chi connectivity index (χ0n) is 17.7. The minimum absolute atomic E-state index is 0.338. The Morgan fingerprint density at radius 1 is 0.852 bits per heavy atom. The molecule has 4 aliphatic carbocycles. The third kappa shape index (κ3) is 3.99. The van der Waals surface area contributed by atoms with Gasteiger partial charge in [-0.2, -0.15) is 0 Å². The van der Waals surface area contributed by atoms with Crippen molar-refractivity contribution in [2.45, 2.75) is 97.3 Å². The zero-order valence-corrected chi connectivity index (χ0v) is 17.7. The Morgan fingerprint density at radius 3 is 2.04 bits per heavy atom. The van der Waals surface area contributed by atoms with Crippen molar-refractivity contribution in [1.82, 2.24) is 0 Å². The molecule has 5 rings (SSSR count). The van der Waals surface area contributed by atoms with Crippen molar-refractivity contribution < 1.29 is 0 Å². The van der Waals surface area contributed by atoms with Gasteiger partial charge in [0.05, 0.1) is 0 Å². The van der Waals surface area contributed by atoms with Crippen LogP contribution in [0.5, 0.6) is 0 Å². The van der Waals surface area contributed by atoms with E-state index in [1.54, 1.807) is 0 Å². The highest BCUT2D eigenvalue weighted by Gasteiger charge is 2.51. The Labute approximate surface area is 167 Å². The Bertz CT molecular complexity index is 650. The Hall–Kier alpha value is -1.22. The summed E-state index contributed by atoms with van der Waals surface area (Å²) < 4.78 is 0. The summed E-state index contributed by atoms with van der Waals surface area (Å²) in [6.07, 6.45) is 18.3. The van der Waals surface area contributed by atoms with Crippen molar-refractivity contribution >= 4 is 0 Å². The van der Waals surface area contributed by atoms with Crippen LogP contribution in [0.2, 0.25) is 0 Å². The number of rotatable bonds is 4. The van der Waals surface area contributed by atoms with Crippen LogP contribution in [0.3, 0.4) is 0 Å². The molecule has 0 aromatic heterocycles. The molecule has 4 saturated carbocycles. The minimum atomic E-state index is 0.338. The second-order valence-corrected chi connectivity index (χ2v) is 9.97. The lowest BCUT2D eigenvalue weighted by molar-refractivity contribution is -0.0376. The summed E-state index contributed by atoms with van der Waals surface area (Å²) in [6.45, 7) is 4.63. The lowest BCUT2D eigenvalue weighted by atomic mass is 9.48. The summed E-state index contributed by atoms with van der Waals surface area (Å²) in [4.78, 5) is 0. The highest BCUT2D eigenvalue weighted by atomic mass is 14.6. The monoisotopic (exact) mass is 362 g/mol. The van der Waals surface area contributed by atoms with Gasteiger partial charge in [-0.15, -0.1) is 0 Å². The van der Waals surface area contributed by atoms with Crippen LogP contribution in [0.1, 0.15) is 102 Å². The van der Waals surface area contributed by atoms with E-state index in [4.69, 9.17) is 0 Å². The number of hydrogen-bond acceptors (Lipinski definition) is 0. The molecule has 0 saturated heterocycles. The van der Waals surface area contributed by atoms with Crippen molar-refractivity contribution in [2.75, 3.05) is 0 Å². The molecule has 1 aromatic carbocycles. The molecule has 2 bridgehead atoms. The van der Waals surface area contributed by atoms with Gasteiger partial charge in [-0.3, -0.25) is 0 Å². The van der Waals surface area contributed by atoms with E-state index in [2.05, 4.69) is 50.0 Å². The van der Waals surface area contributed by atoms with E-state index in [-0.39, 0.29) is 0 Å². The van der Waals surface area contributed by atoms with Crippen LogP contribution in [0.4, 0.5) is 0 Å². The Morgan fingerprint density at radius 2 is 1.48 bits per heavy atom. The summed E-state index contributed by atoms with van der Waals surface area (Å²) >= 11 is 0. The fraction of sp³-hybridized carbons (Fsp3) is 0.704. The summed E-state index contributed by atoms with van der Waals surface area (Å²) in [5.74, 6) is 9.38. The van der Waals surface area contributed by atoms with Crippen LogP contribution in [0.25, 0.3) is 0 Å². The van der Waals surface area contributed by atoms with Gasteiger partial charge in [0.2, 0.25) is 0 Å². The van der Waals surface area contributed by atoms with Crippen molar-refractivity contribution in [3.63, 3.8) is 0 Å².